The molecule has 1 saturated carbocycles. The number of anilines is 3. The van der Waals surface area contributed by atoms with Crippen molar-refractivity contribution >= 4 is 29.0 Å². The summed E-state index contributed by atoms with van der Waals surface area (Å²) in [5, 5.41) is 12.9. The van der Waals surface area contributed by atoms with Crippen LogP contribution >= 0.6 is 0 Å². The first kappa shape index (κ1) is 22.5. The zero-order chi connectivity index (χ0) is 23.8. The van der Waals surface area contributed by atoms with E-state index in [2.05, 4.69) is 21.4 Å². The molecule has 5 rings (SSSR count). The van der Waals surface area contributed by atoms with Crippen LogP contribution in [0, 0.1) is 22.7 Å². The fraction of sp³-hybridized carbons (Fsp3) is 0.500. The molecule has 1 atom stereocenters. The summed E-state index contributed by atoms with van der Waals surface area (Å²) in [4.78, 5) is 36.6. The number of ether oxygens (including phenoxy) is 1. The molecular formula is C26H29N5O3. The topological polar surface area (TPSA) is 108 Å². The van der Waals surface area contributed by atoms with Crippen LogP contribution in [-0.2, 0) is 19.7 Å². The summed E-state index contributed by atoms with van der Waals surface area (Å²) in [5.41, 5.74) is 0.253. The van der Waals surface area contributed by atoms with Crippen LogP contribution in [-0.4, -0.2) is 41.4 Å². The zero-order valence-electron chi connectivity index (χ0n) is 19.4. The predicted molar refractivity (Wildman–Crippen MR) is 127 cm³/mol. The van der Waals surface area contributed by atoms with Crippen LogP contribution in [0.15, 0.2) is 36.7 Å². The summed E-state index contributed by atoms with van der Waals surface area (Å²) >= 11 is 0. The number of hydrogen-bond acceptors (Lipinski definition) is 7. The van der Waals surface area contributed by atoms with E-state index >= 15 is 0 Å². The van der Waals surface area contributed by atoms with Crippen molar-refractivity contribution in [3.63, 3.8) is 0 Å². The maximum Gasteiger partial charge on any atom is 0.247 e. The first-order chi connectivity index (χ1) is 16.5. The summed E-state index contributed by atoms with van der Waals surface area (Å²) in [6.07, 6.45) is 7.74. The molecule has 0 spiro atoms. The average Bonchev–Trinajstić information content (AvgIpc) is 3.68. The first-order valence-corrected chi connectivity index (χ1v) is 12.1. The number of hydrogen-bond donors (Lipinski definition) is 1. The number of nitrogens with one attached hydrogen (secondary N) is 1. The van der Waals surface area contributed by atoms with Gasteiger partial charge < -0.3 is 15.0 Å². The van der Waals surface area contributed by atoms with Gasteiger partial charge in [-0.3, -0.25) is 9.59 Å². The number of amides is 1. The second-order valence-corrected chi connectivity index (χ2v) is 9.49. The summed E-state index contributed by atoms with van der Waals surface area (Å²) < 4.78 is 5.50. The van der Waals surface area contributed by atoms with Gasteiger partial charge in [0.2, 0.25) is 5.91 Å². The van der Waals surface area contributed by atoms with E-state index in [1.165, 1.54) is 0 Å². The number of nitrogens with zero attached hydrogens (tertiary/aromatic N) is 4. The van der Waals surface area contributed by atoms with Gasteiger partial charge in [0.15, 0.2) is 0 Å². The predicted octanol–water partition coefficient (Wildman–Crippen LogP) is 3.90. The Morgan fingerprint density at radius 1 is 1.21 bits per heavy atom. The van der Waals surface area contributed by atoms with Gasteiger partial charge in [-0.25, -0.2) is 9.97 Å². The number of carbonyl (C=O) groups is 2. The standard InChI is InChI=1S/C26H29N5O3/c1-2-21(32)25(9-13-34-14-10-25)19-5-6-22(29-16-19)30-23-15-20(7-11-28-23)31-12-8-26(17-27,24(31)33)18-3-4-18/h5-7,11,15-16,18H,2-4,8-10,12-14H2,1H3,(H,28,29,30)/t26-/m1/s1. The molecule has 0 bridgehead atoms. The van der Waals surface area contributed by atoms with Crippen molar-refractivity contribution in [1.29, 1.82) is 5.26 Å². The molecule has 2 aromatic rings. The molecule has 1 aliphatic carbocycles. The normalized spacial score (nSPS) is 24.0. The van der Waals surface area contributed by atoms with Crippen LogP contribution in [0.3, 0.4) is 0 Å². The van der Waals surface area contributed by atoms with Crippen LogP contribution in [0.5, 0.6) is 0 Å². The fourth-order valence-electron chi connectivity index (χ4n) is 5.46. The lowest BCUT2D eigenvalue weighted by atomic mass is 9.71. The monoisotopic (exact) mass is 459 g/mol. The minimum Gasteiger partial charge on any atom is -0.381 e. The fourth-order valence-corrected chi connectivity index (χ4v) is 5.46. The van der Waals surface area contributed by atoms with Crippen molar-refractivity contribution < 1.29 is 14.3 Å². The summed E-state index contributed by atoms with van der Waals surface area (Å²) in [6.45, 7) is 3.59. The molecule has 3 fully saturated rings. The molecule has 34 heavy (non-hydrogen) atoms. The molecule has 3 aliphatic rings. The lowest BCUT2D eigenvalue weighted by Crippen LogP contribution is -2.41. The second kappa shape index (κ2) is 8.80. The van der Waals surface area contributed by atoms with Gasteiger partial charge in [0.05, 0.1) is 11.5 Å². The molecule has 0 aromatic carbocycles. The maximum absolute atomic E-state index is 13.1. The number of ketones is 1. The second-order valence-electron chi connectivity index (χ2n) is 9.49. The quantitative estimate of drug-likeness (QED) is 0.669. The minimum atomic E-state index is -0.871. The average molecular weight is 460 g/mol. The van der Waals surface area contributed by atoms with E-state index in [9.17, 15) is 14.9 Å². The Balaban J connectivity index is 1.33. The van der Waals surface area contributed by atoms with Crippen LogP contribution < -0.4 is 10.2 Å². The lowest BCUT2D eigenvalue weighted by molar-refractivity contribution is -0.128. The number of nitriles is 1. The van der Waals surface area contributed by atoms with Crippen molar-refractivity contribution in [2.24, 2.45) is 11.3 Å². The third-order valence-electron chi connectivity index (χ3n) is 7.66. The van der Waals surface area contributed by atoms with Gasteiger partial charge >= 0.3 is 0 Å². The molecule has 1 amide bonds. The maximum atomic E-state index is 13.1. The molecule has 2 aromatic heterocycles. The molecule has 2 saturated heterocycles. The Morgan fingerprint density at radius 2 is 2.00 bits per heavy atom. The number of rotatable bonds is 7. The van der Waals surface area contributed by atoms with Crippen molar-refractivity contribution in [1.82, 2.24) is 9.97 Å². The summed E-state index contributed by atoms with van der Waals surface area (Å²) in [5.74, 6) is 1.49. The van der Waals surface area contributed by atoms with Crippen LogP contribution in [0.25, 0.3) is 0 Å². The molecule has 8 nitrogen and oxygen atoms in total. The van der Waals surface area contributed by atoms with Crippen LogP contribution in [0.4, 0.5) is 17.3 Å². The van der Waals surface area contributed by atoms with Gasteiger partial charge in [0.1, 0.15) is 22.8 Å². The van der Waals surface area contributed by atoms with E-state index in [0.29, 0.717) is 57.1 Å². The molecule has 4 heterocycles. The first-order valence-electron chi connectivity index (χ1n) is 12.1. The highest BCUT2D eigenvalue weighted by atomic mass is 16.5. The molecule has 176 valence electrons. The molecule has 1 N–H and O–H groups in total. The number of carbonyl (C=O) groups excluding carboxylic acids is 2. The summed E-state index contributed by atoms with van der Waals surface area (Å²) in [7, 11) is 0. The van der Waals surface area contributed by atoms with E-state index < -0.39 is 10.8 Å². The molecule has 2 aliphatic heterocycles. The Labute approximate surface area is 199 Å². The van der Waals surface area contributed by atoms with E-state index in [1.807, 2.05) is 25.1 Å². The highest BCUT2D eigenvalue weighted by molar-refractivity contribution is 6.02. The van der Waals surface area contributed by atoms with Gasteiger partial charge in [-0.1, -0.05) is 13.0 Å². The highest BCUT2D eigenvalue weighted by Gasteiger charge is 2.56. The Bertz CT molecular complexity index is 1130. The largest absolute Gasteiger partial charge is 0.381 e. The minimum absolute atomic E-state index is 0.0977. The smallest absolute Gasteiger partial charge is 0.247 e. The van der Waals surface area contributed by atoms with Crippen LogP contribution in [0.2, 0.25) is 0 Å². The molecule has 0 unspecified atom stereocenters. The van der Waals surface area contributed by atoms with Crippen molar-refractivity contribution in [3.05, 3.63) is 42.2 Å². The van der Waals surface area contributed by atoms with Gasteiger partial charge in [0.25, 0.3) is 0 Å². The van der Waals surface area contributed by atoms with E-state index in [0.717, 1.165) is 24.1 Å². The number of aromatic nitrogens is 2. The van der Waals surface area contributed by atoms with Gasteiger partial charge in [-0.15, -0.1) is 0 Å². The van der Waals surface area contributed by atoms with Gasteiger partial charge in [0, 0.05) is 50.3 Å². The summed E-state index contributed by atoms with van der Waals surface area (Å²) in [6, 6.07) is 9.75. The third-order valence-corrected chi connectivity index (χ3v) is 7.66. The van der Waals surface area contributed by atoms with E-state index in [1.54, 1.807) is 23.4 Å². The Hall–Kier alpha value is -3.31. The Kier molecular flexibility index (Phi) is 5.82. The van der Waals surface area contributed by atoms with Crippen molar-refractivity contribution in [3.8, 4) is 6.07 Å². The molecule has 8 heteroatoms. The highest BCUT2D eigenvalue weighted by Crippen LogP contribution is 2.52. The molecular weight excluding hydrogens is 430 g/mol. The van der Waals surface area contributed by atoms with Crippen molar-refractivity contribution in [2.75, 3.05) is 30.0 Å². The number of pyridine rings is 2. The van der Waals surface area contributed by atoms with Crippen molar-refractivity contribution in [2.45, 2.75) is 50.9 Å². The van der Waals surface area contributed by atoms with E-state index in [-0.39, 0.29) is 17.6 Å². The lowest BCUT2D eigenvalue weighted by Gasteiger charge is -2.36. The Morgan fingerprint density at radius 3 is 2.65 bits per heavy atom. The number of Topliss-reactive ketones (excluding diaryl/α,β-unsaturated/α-hetero) is 1. The zero-order valence-corrected chi connectivity index (χ0v) is 19.4. The van der Waals surface area contributed by atoms with Gasteiger partial charge in [-0.05, 0) is 55.7 Å². The van der Waals surface area contributed by atoms with Crippen LogP contribution in [0.1, 0.15) is 51.0 Å². The van der Waals surface area contributed by atoms with Gasteiger partial charge in [-0.2, -0.15) is 5.26 Å². The molecule has 0 radical (unpaired) electrons. The van der Waals surface area contributed by atoms with E-state index in [4.69, 9.17) is 4.74 Å². The third kappa shape index (κ3) is 3.74. The SMILES string of the molecule is CCC(=O)C1(c2ccc(Nc3cc(N4CC[C@@](C#N)(C5CC5)C4=O)ccn3)nc2)CCOCC1.